The van der Waals surface area contributed by atoms with Crippen LogP contribution in [0, 0.1) is 0 Å². The zero-order chi connectivity index (χ0) is 13.9. The van der Waals surface area contributed by atoms with E-state index in [9.17, 15) is 15.0 Å². The zero-order valence-corrected chi connectivity index (χ0v) is 11.7. The SMILES string of the molecule is CC(O)C(C)OC1(C(=O)O)CCN(C(C)C)CC1. The van der Waals surface area contributed by atoms with Crippen LogP contribution in [0.4, 0.5) is 0 Å². The third-order valence-corrected chi connectivity index (χ3v) is 3.82. The lowest BCUT2D eigenvalue weighted by Gasteiger charge is -2.41. The number of aliphatic carboxylic acids is 1. The van der Waals surface area contributed by atoms with Gasteiger partial charge in [0.2, 0.25) is 0 Å². The summed E-state index contributed by atoms with van der Waals surface area (Å²) in [5.41, 5.74) is -1.14. The summed E-state index contributed by atoms with van der Waals surface area (Å²) in [4.78, 5) is 13.7. The number of hydrogen-bond donors (Lipinski definition) is 2. The number of rotatable bonds is 5. The van der Waals surface area contributed by atoms with Gasteiger partial charge in [-0.05, 0) is 40.5 Å². The largest absolute Gasteiger partial charge is 0.479 e. The molecule has 2 atom stereocenters. The van der Waals surface area contributed by atoms with Gasteiger partial charge in [0.05, 0.1) is 12.2 Å². The molecule has 0 aromatic carbocycles. The Morgan fingerprint density at radius 1 is 1.22 bits per heavy atom. The van der Waals surface area contributed by atoms with E-state index in [1.165, 1.54) is 0 Å². The van der Waals surface area contributed by atoms with E-state index in [2.05, 4.69) is 18.7 Å². The number of aliphatic hydroxyl groups excluding tert-OH is 1. The minimum Gasteiger partial charge on any atom is -0.479 e. The Bertz CT molecular complexity index is 283. The molecular weight excluding hydrogens is 234 g/mol. The van der Waals surface area contributed by atoms with Gasteiger partial charge >= 0.3 is 5.97 Å². The number of nitrogens with zero attached hydrogens (tertiary/aromatic N) is 1. The van der Waals surface area contributed by atoms with Crippen LogP contribution in [0.25, 0.3) is 0 Å². The summed E-state index contributed by atoms with van der Waals surface area (Å²) in [7, 11) is 0. The molecule has 0 radical (unpaired) electrons. The number of likely N-dealkylation sites (tertiary alicyclic amines) is 1. The molecule has 1 rings (SSSR count). The molecule has 0 bridgehead atoms. The van der Waals surface area contributed by atoms with Crippen molar-refractivity contribution < 1.29 is 19.7 Å². The average molecular weight is 259 g/mol. The van der Waals surface area contributed by atoms with Gasteiger partial charge in [-0.3, -0.25) is 0 Å². The molecule has 0 aromatic rings. The van der Waals surface area contributed by atoms with Gasteiger partial charge < -0.3 is 19.8 Å². The minimum absolute atomic E-state index is 0.422. The number of hydrogen-bond acceptors (Lipinski definition) is 4. The lowest BCUT2D eigenvalue weighted by atomic mass is 9.90. The van der Waals surface area contributed by atoms with E-state index >= 15 is 0 Å². The van der Waals surface area contributed by atoms with Gasteiger partial charge in [-0.2, -0.15) is 0 Å². The molecule has 18 heavy (non-hydrogen) atoms. The third-order valence-electron chi connectivity index (χ3n) is 3.82. The normalized spacial score (nSPS) is 23.9. The summed E-state index contributed by atoms with van der Waals surface area (Å²) in [6, 6.07) is 0.422. The van der Waals surface area contributed by atoms with E-state index in [1.807, 2.05) is 0 Å². The molecule has 2 unspecified atom stereocenters. The van der Waals surface area contributed by atoms with Crippen molar-refractivity contribution in [1.82, 2.24) is 4.90 Å². The molecule has 0 aliphatic carbocycles. The van der Waals surface area contributed by atoms with Crippen molar-refractivity contribution in [2.75, 3.05) is 13.1 Å². The van der Waals surface area contributed by atoms with Crippen molar-refractivity contribution in [3.05, 3.63) is 0 Å². The molecule has 1 saturated heterocycles. The van der Waals surface area contributed by atoms with Crippen LogP contribution >= 0.6 is 0 Å². The van der Waals surface area contributed by atoms with Crippen LogP contribution < -0.4 is 0 Å². The van der Waals surface area contributed by atoms with Gasteiger partial charge in [-0.1, -0.05) is 0 Å². The Morgan fingerprint density at radius 2 is 1.72 bits per heavy atom. The summed E-state index contributed by atoms with van der Waals surface area (Å²) in [6.07, 6.45) is -0.189. The quantitative estimate of drug-likeness (QED) is 0.773. The van der Waals surface area contributed by atoms with E-state index in [0.717, 1.165) is 13.1 Å². The van der Waals surface area contributed by atoms with E-state index in [1.54, 1.807) is 13.8 Å². The van der Waals surface area contributed by atoms with Crippen LogP contribution in [0.5, 0.6) is 0 Å². The summed E-state index contributed by atoms with van der Waals surface area (Å²) >= 11 is 0. The fourth-order valence-corrected chi connectivity index (χ4v) is 2.24. The van der Waals surface area contributed by atoms with Crippen molar-refractivity contribution in [3.8, 4) is 0 Å². The summed E-state index contributed by atoms with van der Waals surface area (Å²) in [5, 5.41) is 18.9. The highest BCUT2D eigenvalue weighted by Gasteiger charge is 2.44. The highest BCUT2D eigenvalue weighted by atomic mass is 16.5. The highest BCUT2D eigenvalue weighted by Crippen LogP contribution is 2.29. The van der Waals surface area contributed by atoms with Gasteiger partial charge in [-0.25, -0.2) is 4.79 Å². The molecule has 5 heteroatoms. The first-order valence-electron chi connectivity index (χ1n) is 6.62. The third kappa shape index (κ3) is 3.43. The topological polar surface area (TPSA) is 70.0 Å². The number of ether oxygens (including phenoxy) is 1. The number of piperidine rings is 1. The number of carbonyl (C=O) groups is 1. The molecule has 2 N–H and O–H groups in total. The van der Waals surface area contributed by atoms with E-state index < -0.39 is 23.8 Å². The molecule has 0 aromatic heterocycles. The second-order valence-electron chi connectivity index (χ2n) is 5.49. The molecule has 5 nitrogen and oxygen atoms in total. The fraction of sp³-hybridized carbons (Fsp3) is 0.923. The van der Waals surface area contributed by atoms with Crippen molar-refractivity contribution in [2.45, 2.75) is 64.4 Å². The van der Waals surface area contributed by atoms with E-state index in [4.69, 9.17) is 4.74 Å². The summed E-state index contributed by atoms with van der Waals surface area (Å²) in [6.45, 7) is 8.97. The maximum atomic E-state index is 11.5. The van der Waals surface area contributed by atoms with Gasteiger partial charge in [-0.15, -0.1) is 0 Å². The smallest absolute Gasteiger partial charge is 0.336 e. The second-order valence-corrected chi connectivity index (χ2v) is 5.49. The van der Waals surface area contributed by atoms with Crippen LogP contribution in [-0.2, 0) is 9.53 Å². The Kier molecular flexibility index (Phi) is 5.13. The summed E-state index contributed by atoms with van der Waals surface area (Å²) < 4.78 is 5.65. The lowest BCUT2D eigenvalue weighted by Crippen LogP contribution is -2.54. The van der Waals surface area contributed by atoms with E-state index in [0.29, 0.717) is 18.9 Å². The van der Waals surface area contributed by atoms with Gasteiger partial charge in [0, 0.05) is 19.1 Å². The van der Waals surface area contributed by atoms with Gasteiger partial charge in [0.25, 0.3) is 0 Å². The Morgan fingerprint density at radius 3 is 2.06 bits per heavy atom. The number of carboxylic acid groups (broad SMARTS) is 1. The molecule has 1 aliphatic heterocycles. The summed E-state index contributed by atoms with van der Waals surface area (Å²) in [5.74, 6) is -0.918. The minimum atomic E-state index is -1.14. The van der Waals surface area contributed by atoms with Gasteiger partial charge in [0.15, 0.2) is 5.60 Å². The van der Waals surface area contributed by atoms with Crippen molar-refractivity contribution >= 4 is 5.97 Å². The monoisotopic (exact) mass is 259 g/mol. The lowest BCUT2D eigenvalue weighted by molar-refractivity contribution is -0.189. The van der Waals surface area contributed by atoms with Gasteiger partial charge in [0.1, 0.15) is 0 Å². The van der Waals surface area contributed by atoms with Crippen LogP contribution in [0.3, 0.4) is 0 Å². The number of aliphatic hydroxyl groups is 1. The maximum absolute atomic E-state index is 11.5. The molecular formula is C13H25NO4. The molecule has 0 spiro atoms. The predicted molar refractivity (Wildman–Crippen MR) is 68.5 cm³/mol. The first-order chi connectivity index (χ1) is 8.28. The van der Waals surface area contributed by atoms with Crippen molar-refractivity contribution in [1.29, 1.82) is 0 Å². The van der Waals surface area contributed by atoms with Crippen LogP contribution in [0.15, 0.2) is 0 Å². The molecule has 0 saturated carbocycles. The highest BCUT2D eigenvalue weighted by molar-refractivity contribution is 5.77. The molecule has 1 fully saturated rings. The first-order valence-corrected chi connectivity index (χ1v) is 6.62. The van der Waals surface area contributed by atoms with E-state index in [-0.39, 0.29) is 0 Å². The Hall–Kier alpha value is -0.650. The number of carboxylic acids is 1. The standard InChI is InChI=1S/C13H25NO4/c1-9(2)14-7-5-13(6-8-14,12(16)17)18-11(4)10(3)15/h9-11,15H,5-8H2,1-4H3,(H,16,17). The van der Waals surface area contributed by atoms with Crippen LogP contribution in [-0.4, -0.2) is 58.0 Å². The fourth-order valence-electron chi connectivity index (χ4n) is 2.24. The molecule has 106 valence electrons. The average Bonchev–Trinajstić information content (AvgIpc) is 2.29. The predicted octanol–water partition coefficient (Wildman–Crippen LogP) is 1.10. The Labute approximate surface area is 109 Å². The molecule has 1 heterocycles. The second kappa shape index (κ2) is 5.99. The molecule has 1 aliphatic rings. The maximum Gasteiger partial charge on any atom is 0.336 e. The first kappa shape index (κ1) is 15.4. The Balaban J connectivity index is 2.70. The van der Waals surface area contributed by atoms with Crippen molar-refractivity contribution in [2.24, 2.45) is 0 Å². The van der Waals surface area contributed by atoms with Crippen LogP contribution in [0.2, 0.25) is 0 Å². The molecule has 0 amide bonds. The van der Waals surface area contributed by atoms with Crippen LogP contribution in [0.1, 0.15) is 40.5 Å². The zero-order valence-electron chi connectivity index (χ0n) is 11.7. The van der Waals surface area contributed by atoms with Crippen molar-refractivity contribution in [3.63, 3.8) is 0 Å².